The lowest BCUT2D eigenvalue weighted by atomic mass is 10.1. The van der Waals surface area contributed by atoms with Gasteiger partial charge >= 0.3 is 0 Å². The van der Waals surface area contributed by atoms with Gasteiger partial charge in [-0.05, 0) is 55.0 Å². The van der Waals surface area contributed by atoms with E-state index in [4.69, 9.17) is 4.98 Å². The summed E-state index contributed by atoms with van der Waals surface area (Å²) in [6.45, 7) is 2.06. The third kappa shape index (κ3) is 3.05. The van der Waals surface area contributed by atoms with Gasteiger partial charge in [-0.25, -0.2) is 4.98 Å². The maximum Gasteiger partial charge on any atom is 0.268 e. The molecule has 3 nitrogen and oxygen atoms in total. The molecular formula is C20H15BrN2OS. The van der Waals surface area contributed by atoms with Gasteiger partial charge in [0.05, 0.1) is 10.4 Å². The highest BCUT2D eigenvalue weighted by molar-refractivity contribution is 9.10. The molecule has 2 aromatic heterocycles. The molecule has 5 heteroatoms. The summed E-state index contributed by atoms with van der Waals surface area (Å²) in [5.41, 5.74) is 3.01. The van der Waals surface area contributed by atoms with Crippen molar-refractivity contribution in [2.75, 3.05) is 11.9 Å². The molecular weight excluding hydrogens is 396 g/mol. The lowest BCUT2D eigenvalue weighted by molar-refractivity contribution is 0.0997. The number of hydrogen-bond donors (Lipinski definition) is 0. The molecule has 0 spiro atoms. The molecule has 0 atom stereocenters. The average Bonchev–Trinajstić information content (AvgIpc) is 3.02. The molecule has 0 radical (unpaired) electrons. The maximum atomic E-state index is 12.8. The second kappa shape index (κ2) is 6.24. The summed E-state index contributed by atoms with van der Waals surface area (Å²) < 4.78 is 0.991. The third-order valence-corrected chi connectivity index (χ3v) is 5.75. The lowest BCUT2D eigenvalue weighted by Crippen LogP contribution is -2.25. The van der Waals surface area contributed by atoms with Crippen LogP contribution in [0, 0.1) is 6.92 Å². The van der Waals surface area contributed by atoms with Gasteiger partial charge in [-0.1, -0.05) is 28.1 Å². The van der Waals surface area contributed by atoms with Crippen LogP contribution in [0.4, 0.5) is 5.69 Å². The number of amides is 1. The molecule has 0 unspecified atom stereocenters. The lowest BCUT2D eigenvalue weighted by Gasteiger charge is -2.16. The minimum Gasteiger partial charge on any atom is -0.311 e. The number of carbonyl (C=O) groups excluding carboxylic acids is 1. The number of pyridine rings is 1. The van der Waals surface area contributed by atoms with Crippen LogP contribution in [0.2, 0.25) is 0 Å². The smallest absolute Gasteiger partial charge is 0.268 e. The minimum absolute atomic E-state index is 0.0226. The molecule has 2 aromatic carbocycles. The van der Waals surface area contributed by atoms with Crippen molar-refractivity contribution in [3.05, 3.63) is 69.5 Å². The van der Waals surface area contributed by atoms with Crippen LogP contribution in [0.5, 0.6) is 0 Å². The standard InChI is InChI=1S/C20H15BrN2OS/c1-12-3-4-13-10-14-11-18(25-19(14)22-17(13)9-12)20(24)23(2)16-7-5-15(21)6-8-16/h3-11H,1-2H3. The summed E-state index contributed by atoms with van der Waals surface area (Å²) in [6.07, 6.45) is 0. The fourth-order valence-electron chi connectivity index (χ4n) is 2.79. The number of aryl methyl sites for hydroxylation is 1. The van der Waals surface area contributed by atoms with Gasteiger partial charge in [-0.2, -0.15) is 0 Å². The Morgan fingerprint density at radius 3 is 2.56 bits per heavy atom. The van der Waals surface area contributed by atoms with Crippen LogP contribution in [0.3, 0.4) is 0 Å². The Labute approximate surface area is 158 Å². The SMILES string of the molecule is Cc1ccc2cc3cc(C(=O)N(C)c4ccc(Br)cc4)sc3nc2c1. The molecule has 1 amide bonds. The van der Waals surface area contributed by atoms with E-state index in [1.54, 1.807) is 11.9 Å². The summed E-state index contributed by atoms with van der Waals surface area (Å²) in [7, 11) is 1.79. The summed E-state index contributed by atoms with van der Waals surface area (Å²) in [6, 6.07) is 18.0. The van der Waals surface area contributed by atoms with Crippen LogP contribution in [-0.4, -0.2) is 17.9 Å². The second-order valence-corrected chi connectivity index (χ2v) is 7.98. The first kappa shape index (κ1) is 16.2. The third-order valence-electron chi connectivity index (χ3n) is 4.19. The van der Waals surface area contributed by atoms with E-state index in [1.807, 2.05) is 30.3 Å². The summed E-state index contributed by atoms with van der Waals surface area (Å²) in [5, 5.41) is 2.10. The van der Waals surface area contributed by atoms with Gasteiger partial charge in [0.1, 0.15) is 4.83 Å². The van der Waals surface area contributed by atoms with E-state index in [2.05, 4.69) is 47.1 Å². The van der Waals surface area contributed by atoms with Crippen molar-refractivity contribution in [2.24, 2.45) is 0 Å². The summed E-state index contributed by atoms with van der Waals surface area (Å²) in [4.78, 5) is 20.8. The number of benzene rings is 2. The number of fused-ring (bicyclic) bond motifs is 2. The molecule has 0 aliphatic rings. The van der Waals surface area contributed by atoms with Gasteiger partial charge < -0.3 is 4.90 Å². The van der Waals surface area contributed by atoms with Crippen molar-refractivity contribution in [3.63, 3.8) is 0 Å². The molecule has 124 valence electrons. The van der Waals surface area contributed by atoms with E-state index >= 15 is 0 Å². The molecule has 0 saturated heterocycles. The Morgan fingerprint density at radius 2 is 1.80 bits per heavy atom. The first-order chi connectivity index (χ1) is 12.0. The monoisotopic (exact) mass is 410 g/mol. The highest BCUT2D eigenvalue weighted by Crippen LogP contribution is 2.29. The average molecular weight is 411 g/mol. The highest BCUT2D eigenvalue weighted by Gasteiger charge is 2.17. The fourth-order valence-corrected chi connectivity index (χ4v) is 4.05. The first-order valence-corrected chi connectivity index (χ1v) is 9.47. The van der Waals surface area contributed by atoms with E-state index in [0.717, 1.165) is 31.3 Å². The Bertz CT molecular complexity index is 1100. The van der Waals surface area contributed by atoms with Gasteiger partial charge in [-0.15, -0.1) is 11.3 Å². The van der Waals surface area contributed by atoms with E-state index in [9.17, 15) is 4.79 Å². The van der Waals surface area contributed by atoms with Gasteiger partial charge in [0.2, 0.25) is 0 Å². The molecule has 0 aliphatic heterocycles. The van der Waals surface area contributed by atoms with E-state index < -0.39 is 0 Å². The Hall–Kier alpha value is -2.24. The largest absolute Gasteiger partial charge is 0.311 e. The molecule has 4 aromatic rings. The van der Waals surface area contributed by atoms with Crippen LogP contribution < -0.4 is 4.90 Å². The first-order valence-electron chi connectivity index (χ1n) is 7.86. The molecule has 0 N–H and O–H groups in total. The molecule has 25 heavy (non-hydrogen) atoms. The predicted molar refractivity (Wildman–Crippen MR) is 109 cm³/mol. The number of aromatic nitrogens is 1. The van der Waals surface area contributed by atoms with Crippen LogP contribution in [0.1, 0.15) is 15.2 Å². The quantitative estimate of drug-likeness (QED) is 0.418. The topological polar surface area (TPSA) is 33.2 Å². The molecule has 0 fully saturated rings. The zero-order valence-electron chi connectivity index (χ0n) is 13.8. The Morgan fingerprint density at radius 1 is 1.04 bits per heavy atom. The van der Waals surface area contributed by atoms with Crippen molar-refractivity contribution in [3.8, 4) is 0 Å². The van der Waals surface area contributed by atoms with Crippen LogP contribution in [-0.2, 0) is 0 Å². The van der Waals surface area contributed by atoms with Gasteiger partial charge in [0.25, 0.3) is 5.91 Å². The number of carbonyl (C=O) groups is 1. The number of nitrogens with zero attached hydrogens (tertiary/aromatic N) is 2. The van der Waals surface area contributed by atoms with Gasteiger partial charge in [0.15, 0.2) is 0 Å². The number of halogens is 1. The van der Waals surface area contributed by atoms with Crippen molar-refractivity contribution in [1.29, 1.82) is 0 Å². The molecule has 0 aliphatic carbocycles. The van der Waals surface area contributed by atoms with Gasteiger partial charge in [-0.3, -0.25) is 4.79 Å². The highest BCUT2D eigenvalue weighted by atomic mass is 79.9. The Kier molecular flexibility index (Phi) is 4.06. The fraction of sp³-hybridized carbons (Fsp3) is 0.100. The molecule has 0 bridgehead atoms. The van der Waals surface area contributed by atoms with Crippen molar-refractivity contribution in [2.45, 2.75) is 6.92 Å². The number of anilines is 1. The van der Waals surface area contributed by atoms with Crippen LogP contribution in [0.15, 0.2) is 59.1 Å². The van der Waals surface area contributed by atoms with Crippen molar-refractivity contribution in [1.82, 2.24) is 4.98 Å². The van der Waals surface area contributed by atoms with E-state index in [-0.39, 0.29) is 5.91 Å². The maximum absolute atomic E-state index is 12.8. The van der Waals surface area contributed by atoms with Crippen molar-refractivity contribution < 1.29 is 4.79 Å². The summed E-state index contributed by atoms with van der Waals surface area (Å²) >= 11 is 4.86. The number of rotatable bonds is 2. The molecule has 0 saturated carbocycles. The van der Waals surface area contributed by atoms with Crippen LogP contribution in [0.25, 0.3) is 21.1 Å². The second-order valence-electron chi connectivity index (χ2n) is 6.03. The van der Waals surface area contributed by atoms with Crippen molar-refractivity contribution >= 4 is 60.0 Å². The zero-order chi connectivity index (χ0) is 17.6. The van der Waals surface area contributed by atoms with E-state index in [0.29, 0.717) is 4.88 Å². The number of thiophene rings is 1. The molecule has 4 rings (SSSR count). The Balaban J connectivity index is 1.74. The molecule has 2 heterocycles. The summed E-state index contributed by atoms with van der Waals surface area (Å²) in [5.74, 6) is -0.0226. The zero-order valence-corrected chi connectivity index (χ0v) is 16.2. The normalized spacial score (nSPS) is 11.2. The minimum atomic E-state index is -0.0226. The number of hydrogen-bond acceptors (Lipinski definition) is 3. The predicted octanol–water partition coefficient (Wildman–Crippen LogP) is 5.80. The van der Waals surface area contributed by atoms with Crippen LogP contribution >= 0.6 is 27.3 Å². The van der Waals surface area contributed by atoms with Gasteiger partial charge in [0, 0.05) is 28.0 Å². The van der Waals surface area contributed by atoms with E-state index in [1.165, 1.54) is 16.9 Å².